The van der Waals surface area contributed by atoms with Gasteiger partial charge in [0.15, 0.2) is 5.96 Å². The van der Waals surface area contributed by atoms with Crippen molar-refractivity contribution in [3.63, 3.8) is 0 Å². The van der Waals surface area contributed by atoms with E-state index in [1.165, 1.54) is 22.0 Å². The molecule has 1 aromatic carbocycles. The molecule has 0 fully saturated rings. The minimum atomic E-state index is 0. The number of guanidine groups is 1. The molecule has 6 nitrogen and oxygen atoms in total. The second-order valence-electron chi connectivity index (χ2n) is 6.85. The highest BCUT2D eigenvalue weighted by atomic mass is 127. The Morgan fingerprint density at radius 3 is 2.62 bits per heavy atom. The van der Waals surface area contributed by atoms with Crippen molar-refractivity contribution in [1.29, 1.82) is 0 Å². The van der Waals surface area contributed by atoms with Crippen molar-refractivity contribution < 1.29 is 4.52 Å². The molecule has 0 aliphatic heterocycles. The summed E-state index contributed by atoms with van der Waals surface area (Å²) in [5, 5.41) is 12.3. The molecule has 3 N–H and O–H groups in total. The van der Waals surface area contributed by atoms with Gasteiger partial charge in [-0.15, -0.1) is 24.0 Å². The van der Waals surface area contributed by atoms with E-state index in [0.717, 1.165) is 55.2 Å². The van der Waals surface area contributed by atoms with Gasteiger partial charge in [0.2, 0.25) is 0 Å². The molecule has 158 valence electrons. The van der Waals surface area contributed by atoms with E-state index in [0.29, 0.717) is 6.54 Å². The first-order chi connectivity index (χ1) is 13.7. The van der Waals surface area contributed by atoms with Crippen molar-refractivity contribution in [3.8, 4) is 0 Å². The summed E-state index contributed by atoms with van der Waals surface area (Å²) in [5.41, 5.74) is 6.12. The number of aliphatic imine (C=N–C) groups is 1. The molecular weight excluding hydrogens is 477 g/mol. The topological polar surface area (TPSA) is 78.2 Å². The van der Waals surface area contributed by atoms with Crippen LogP contribution in [-0.2, 0) is 32.2 Å². The minimum absolute atomic E-state index is 0. The van der Waals surface area contributed by atoms with Gasteiger partial charge >= 0.3 is 0 Å². The average Bonchev–Trinajstić information content (AvgIpc) is 3.33. The van der Waals surface area contributed by atoms with Crippen LogP contribution in [0.4, 0.5) is 0 Å². The Kier molecular flexibility index (Phi) is 9.00. The molecule has 0 unspecified atom stereocenters. The normalized spacial score (nSPS) is 11.5. The highest BCUT2D eigenvalue weighted by Crippen LogP contribution is 2.22. The van der Waals surface area contributed by atoms with E-state index in [1.807, 2.05) is 0 Å². The predicted octanol–water partition coefficient (Wildman–Crippen LogP) is 4.37. The maximum atomic E-state index is 5.44. The molecule has 0 amide bonds. The standard InChI is InChI=1S/C22H31N5O.HI/c1-5-15-9-8-10-17-16(13-25-21(15)17)11-12-24-22(23-4)26-14-18-19(6-2)27-28-20(18)7-3;/h8-10,13,25H,5-7,11-12,14H2,1-4H3,(H2,23,24,26);1H. The van der Waals surface area contributed by atoms with Crippen LogP contribution in [0.1, 0.15) is 48.9 Å². The Labute approximate surface area is 189 Å². The average molecular weight is 509 g/mol. The molecule has 7 heteroatoms. The zero-order chi connectivity index (χ0) is 19.9. The summed E-state index contributed by atoms with van der Waals surface area (Å²) in [6, 6.07) is 6.52. The number of fused-ring (bicyclic) bond motifs is 1. The van der Waals surface area contributed by atoms with Crippen molar-refractivity contribution in [2.24, 2.45) is 4.99 Å². The van der Waals surface area contributed by atoms with Crippen LogP contribution in [0.2, 0.25) is 0 Å². The zero-order valence-corrected chi connectivity index (χ0v) is 20.1. The van der Waals surface area contributed by atoms with Gasteiger partial charge in [0, 0.05) is 49.2 Å². The second kappa shape index (κ2) is 11.2. The third-order valence-corrected chi connectivity index (χ3v) is 5.22. The van der Waals surface area contributed by atoms with E-state index >= 15 is 0 Å². The predicted molar refractivity (Wildman–Crippen MR) is 130 cm³/mol. The lowest BCUT2D eigenvalue weighted by Gasteiger charge is -2.12. The molecule has 0 aliphatic carbocycles. The number of H-pyrrole nitrogens is 1. The van der Waals surface area contributed by atoms with E-state index in [9.17, 15) is 0 Å². The minimum Gasteiger partial charge on any atom is -0.361 e. The van der Waals surface area contributed by atoms with E-state index in [-0.39, 0.29) is 24.0 Å². The van der Waals surface area contributed by atoms with Crippen LogP contribution in [-0.4, -0.2) is 29.7 Å². The van der Waals surface area contributed by atoms with Crippen LogP contribution in [0.3, 0.4) is 0 Å². The number of nitrogens with one attached hydrogen (secondary N) is 3. The number of benzene rings is 1. The number of nitrogens with zero attached hydrogens (tertiary/aromatic N) is 2. The highest BCUT2D eigenvalue weighted by molar-refractivity contribution is 14.0. The van der Waals surface area contributed by atoms with Gasteiger partial charge in [-0.05, 0) is 30.4 Å². The number of aromatic nitrogens is 2. The van der Waals surface area contributed by atoms with Crippen LogP contribution in [0, 0.1) is 0 Å². The molecule has 0 spiro atoms. The molecular formula is C22H32IN5O. The quantitative estimate of drug-likeness (QED) is 0.240. The molecule has 3 rings (SSSR count). The van der Waals surface area contributed by atoms with Gasteiger partial charge in [0.05, 0.1) is 5.69 Å². The monoisotopic (exact) mass is 509 g/mol. The Morgan fingerprint density at radius 1 is 1.10 bits per heavy atom. The summed E-state index contributed by atoms with van der Waals surface area (Å²) < 4.78 is 5.44. The number of hydrogen-bond acceptors (Lipinski definition) is 3. The van der Waals surface area contributed by atoms with Crippen LogP contribution in [0.15, 0.2) is 33.9 Å². The number of aromatic amines is 1. The van der Waals surface area contributed by atoms with Crippen molar-refractivity contribution in [1.82, 2.24) is 20.8 Å². The molecule has 0 aliphatic rings. The SMILES string of the molecule is CCc1noc(CC)c1CNC(=NC)NCCc1c[nH]c2c(CC)cccc12.I. The van der Waals surface area contributed by atoms with Gasteiger partial charge in [-0.25, -0.2) is 0 Å². The van der Waals surface area contributed by atoms with Crippen molar-refractivity contribution in [2.45, 2.75) is 53.0 Å². The fourth-order valence-corrected chi connectivity index (χ4v) is 3.62. The molecule has 0 bridgehead atoms. The fourth-order valence-electron chi connectivity index (χ4n) is 3.62. The van der Waals surface area contributed by atoms with Gasteiger partial charge in [-0.1, -0.05) is 44.1 Å². The van der Waals surface area contributed by atoms with Crippen molar-refractivity contribution >= 4 is 40.8 Å². The van der Waals surface area contributed by atoms with Crippen molar-refractivity contribution in [3.05, 3.63) is 52.5 Å². The summed E-state index contributed by atoms with van der Waals surface area (Å²) in [6.45, 7) is 7.85. The molecule has 3 aromatic rings. The molecule has 2 heterocycles. The molecule has 29 heavy (non-hydrogen) atoms. The molecule has 2 aromatic heterocycles. The second-order valence-corrected chi connectivity index (χ2v) is 6.85. The molecule has 0 saturated carbocycles. The third-order valence-electron chi connectivity index (χ3n) is 5.22. The van der Waals surface area contributed by atoms with Crippen LogP contribution < -0.4 is 10.6 Å². The highest BCUT2D eigenvalue weighted by Gasteiger charge is 2.13. The third kappa shape index (κ3) is 5.32. The summed E-state index contributed by atoms with van der Waals surface area (Å²) in [7, 11) is 1.80. The number of hydrogen-bond donors (Lipinski definition) is 3. The van der Waals surface area contributed by atoms with Crippen molar-refractivity contribution in [2.75, 3.05) is 13.6 Å². The lowest BCUT2D eigenvalue weighted by atomic mass is 10.1. The van der Waals surface area contributed by atoms with Crippen LogP contribution in [0.25, 0.3) is 10.9 Å². The van der Waals surface area contributed by atoms with Gasteiger partial charge in [-0.2, -0.15) is 0 Å². The van der Waals surface area contributed by atoms with E-state index < -0.39 is 0 Å². The lowest BCUT2D eigenvalue weighted by Crippen LogP contribution is -2.38. The summed E-state index contributed by atoms with van der Waals surface area (Å²) >= 11 is 0. The zero-order valence-electron chi connectivity index (χ0n) is 17.8. The Hall–Kier alpha value is -2.03. The van der Waals surface area contributed by atoms with Gasteiger partial charge in [0.1, 0.15) is 5.76 Å². The van der Waals surface area contributed by atoms with Crippen LogP contribution >= 0.6 is 24.0 Å². The van der Waals surface area contributed by atoms with Gasteiger partial charge < -0.3 is 20.1 Å². The number of halogens is 1. The smallest absolute Gasteiger partial charge is 0.191 e. The number of rotatable bonds is 8. The first kappa shape index (κ1) is 23.3. The Balaban J connectivity index is 0.00000300. The summed E-state index contributed by atoms with van der Waals surface area (Å²) in [6.07, 6.45) is 5.80. The Morgan fingerprint density at radius 2 is 1.93 bits per heavy atom. The van der Waals surface area contributed by atoms with E-state index in [4.69, 9.17) is 4.52 Å². The number of para-hydroxylation sites is 1. The fraction of sp³-hybridized carbons (Fsp3) is 0.455. The maximum Gasteiger partial charge on any atom is 0.191 e. The van der Waals surface area contributed by atoms with Gasteiger partial charge in [-0.3, -0.25) is 4.99 Å². The summed E-state index contributed by atoms with van der Waals surface area (Å²) in [4.78, 5) is 7.78. The Bertz CT molecular complexity index is 922. The molecule has 0 atom stereocenters. The maximum absolute atomic E-state index is 5.44. The van der Waals surface area contributed by atoms with E-state index in [1.54, 1.807) is 7.05 Å². The first-order valence-electron chi connectivity index (χ1n) is 10.2. The van der Waals surface area contributed by atoms with Gasteiger partial charge in [0.25, 0.3) is 0 Å². The van der Waals surface area contributed by atoms with E-state index in [2.05, 4.69) is 70.9 Å². The van der Waals surface area contributed by atoms with Crippen LogP contribution in [0.5, 0.6) is 0 Å². The first-order valence-corrected chi connectivity index (χ1v) is 10.2. The summed E-state index contributed by atoms with van der Waals surface area (Å²) in [5.74, 6) is 1.74. The largest absolute Gasteiger partial charge is 0.361 e. The lowest BCUT2D eigenvalue weighted by molar-refractivity contribution is 0.380. The molecule has 0 radical (unpaired) electrons. The number of aryl methyl sites for hydroxylation is 3. The molecule has 0 saturated heterocycles.